The van der Waals surface area contributed by atoms with Gasteiger partial charge >= 0.3 is 17.9 Å². The molecule has 0 aromatic heterocycles. The van der Waals surface area contributed by atoms with Gasteiger partial charge in [-0.1, -0.05) is 259 Å². The molecule has 0 radical (unpaired) electrons. The van der Waals surface area contributed by atoms with Gasteiger partial charge in [-0.3, -0.25) is 14.4 Å². The van der Waals surface area contributed by atoms with E-state index in [0.717, 1.165) is 128 Å². The molecule has 0 aliphatic carbocycles. The zero-order valence-corrected chi connectivity index (χ0v) is 49.0. The van der Waals surface area contributed by atoms with Crippen molar-refractivity contribution in [3.8, 4) is 0 Å². The highest BCUT2D eigenvalue weighted by Crippen LogP contribution is 2.15. The largest absolute Gasteiger partial charge is 0.462 e. The number of hydrogen-bond acceptors (Lipinski definition) is 6. The molecule has 0 aromatic rings. The van der Waals surface area contributed by atoms with Crippen molar-refractivity contribution in [2.75, 3.05) is 13.2 Å². The van der Waals surface area contributed by atoms with Crippen molar-refractivity contribution in [1.29, 1.82) is 0 Å². The van der Waals surface area contributed by atoms with Crippen LogP contribution in [0, 0.1) is 0 Å². The Morgan fingerprint density at radius 1 is 0.280 bits per heavy atom. The highest BCUT2D eigenvalue weighted by Gasteiger charge is 2.19. The minimum Gasteiger partial charge on any atom is -0.462 e. The van der Waals surface area contributed by atoms with E-state index in [1.54, 1.807) is 0 Å². The van der Waals surface area contributed by atoms with Crippen LogP contribution in [0.3, 0.4) is 0 Å². The van der Waals surface area contributed by atoms with E-state index >= 15 is 0 Å². The van der Waals surface area contributed by atoms with Gasteiger partial charge in [-0.25, -0.2) is 0 Å². The molecule has 0 saturated carbocycles. The molecule has 0 aliphatic heterocycles. The molecule has 1 atom stereocenters. The van der Waals surface area contributed by atoms with E-state index < -0.39 is 6.10 Å². The van der Waals surface area contributed by atoms with Crippen LogP contribution >= 0.6 is 0 Å². The predicted molar refractivity (Wildman–Crippen MR) is 325 cm³/mol. The van der Waals surface area contributed by atoms with E-state index in [1.807, 2.05) is 0 Å². The van der Waals surface area contributed by atoms with Crippen molar-refractivity contribution in [2.24, 2.45) is 0 Å². The van der Waals surface area contributed by atoms with Crippen LogP contribution in [0.5, 0.6) is 0 Å². The van der Waals surface area contributed by atoms with Crippen LogP contribution in [0.15, 0.2) is 109 Å². The van der Waals surface area contributed by atoms with Crippen LogP contribution in [-0.4, -0.2) is 37.2 Å². The van der Waals surface area contributed by atoms with Gasteiger partial charge in [-0.15, -0.1) is 0 Å². The van der Waals surface area contributed by atoms with E-state index in [-0.39, 0.29) is 31.1 Å². The quantitative estimate of drug-likeness (QED) is 0.0261. The summed E-state index contributed by atoms with van der Waals surface area (Å²) in [6, 6.07) is 0. The van der Waals surface area contributed by atoms with Gasteiger partial charge in [0.25, 0.3) is 0 Å². The maximum absolute atomic E-state index is 12.8. The number of carbonyl (C=O) groups excluding carboxylic acids is 3. The Morgan fingerprint density at radius 2 is 0.533 bits per heavy atom. The number of allylic oxidation sites excluding steroid dienone is 18. The van der Waals surface area contributed by atoms with Crippen molar-refractivity contribution >= 4 is 17.9 Å². The first-order chi connectivity index (χ1) is 37.0. The predicted octanol–water partition coefficient (Wildman–Crippen LogP) is 21.4. The second-order valence-corrected chi connectivity index (χ2v) is 20.6. The summed E-state index contributed by atoms with van der Waals surface area (Å²) in [5, 5.41) is 0. The SMILES string of the molecule is CC/C=C\C/C=C\C/C=C\C/C=C\C/C=C\C/C=C\CCCCCCCCCCCCCCC(=O)OCC(COC(=O)CCCCCCC/C=C\CCCCC)OC(=O)CCCCCCC/C=C\C/C=C\CCCC. The lowest BCUT2D eigenvalue weighted by molar-refractivity contribution is -0.167. The number of unbranched alkanes of at least 4 members (excludes halogenated alkanes) is 27. The van der Waals surface area contributed by atoms with E-state index in [2.05, 4.69) is 130 Å². The molecule has 428 valence electrons. The lowest BCUT2D eigenvalue weighted by Crippen LogP contribution is -2.30. The van der Waals surface area contributed by atoms with Crippen LogP contribution in [0.2, 0.25) is 0 Å². The van der Waals surface area contributed by atoms with Gasteiger partial charge < -0.3 is 14.2 Å². The average molecular weight is 1040 g/mol. The third kappa shape index (κ3) is 60.8. The Kier molecular flexibility index (Phi) is 59.3. The zero-order valence-electron chi connectivity index (χ0n) is 49.0. The maximum Gasteiger partial charge on any atom is 0.306 e. The molecular weight excluding hydrogens is 925 g/mol. The van der Waals surface area contributed by atoms with Gasteiger partial charge in [0.15, 0.2) is 6.10 Å². The molecule has 0 aliphatic rings. The first-order valence-electron chi connectivity index (χ1n) is 31.4. The van der Waals surface area contributed by atoms with E-state index in [1.165, 1.54) is 122 Å². The maximum atomic E-state index is 12.8. The molecule has 0 N–H and O–H groups in total. The number of rotatable bonds is 56. The molecule has 0 aromatic carbocycles. The zero-order chi connectivity index (χ0) is 54.3. The van der Waals surface area contributed by atoms with Crippen LogP contribution in [0.25, 0.3) is 0 Å². The molecule has 0 saturated heterocycles. The number of esters is 3. The van der Waals surface area contributed by atoms with Crippen LogP contribution in [-0.2, 0) is 28.6 Å². The summed E-state index contributed by atoms with van der Waals surface area (Å²) in [5.41, 5.74) is 0. The summed E-state index contributed by atoms with van der Waals surface area (Å²) in [7, 11) is 0. The average Bonchev–Trinajstić information content (AvgIpc) is 3.41. The first-order valence-corrected chi connectivity index (χ1v) is 31.4. The Balaban J connectivity index is 4.21. The van der Waals surface area contributed by atoms with Crippen molar-refractivity contribution < 1.29 is 28.6 Å². The number of ether oxygens (including phenoxy) is 3. The van der Waals surface area contributed by atoms with Crippen molar-refractivity contribution in [3.63, 3.8) is 0 Å². The minimum atomic E-state index is -0.790. The van der Waals surface area contributed by atoms with Gasteiger partial charge in [0.2, 0.25) is 0 Å². The smallest absolute Gasteiger partial charge is 0.306 e. The Labute approximate surface area is 463 Å². The molecular formula is C69H116O6. The molecule has 0 heterocycles. The van der Waals surface area contributed by atoms with Gasteiger partial charge in [0, 0.05) is 19.3 Å². The van der Waals surface area contributed by atoms with Gasteiger partial charge in [0.1, 0.15) is 13.2 Å². The fraction of sp³-hybridized carbons (Fsp3) is 0.696. The summed E-state index contributed by atoms with van der Waals surface area (Å²) in [4.78, 5) is 38.2. The summed E-state index contributed by atoms with van der Waals surface area (Å²) in [5.74, 6) is -0.908. The van der Waals surface area contributed by atoms with Gasteiger partial charge in [-0.2, -0.15) is 0 Å². The summed E-state index contributed by atoms with van der Waals surface area (Å²) < 4.78 is 16.9. The number of hydrogen-bond donors (Lipinski definition) is 0. The molecule has 6 nitrogen and oxygen atoms in total. The Hall–Kier alpha value is -3.93. The molecule has 0 bridgehead atoms. The minimum absolute atomic E-state index is 0.0869. The van der Waals surface area contributed by atoms with E-state index in [9.17, 15) is 14.4 Å². The molecule has 75 heavy (non-hydrogen) atoms. The highest BCUT2D eigenvalue weighted by molar-refractivity contribution is 5.71. The lowest BCUT2D eigenvalue weighted by atomic mass is 10.0. The van der Waals surface area contributed by atoms with Crippen LogP contribution in [0.4, 0.5) is 0 Å². The van der Waals surface area contributed by atoms with Crippen LogP contribution in [0.1, 0.15) is 290 Å². The Morgan fingerprint density at radius 3 is 0.867 bits per heavy atom. The van der Waals surface area contributed by atoms with Crippen molar-refractivity contribution in [3.05, 3.63) is 109 Å². The molecule has 0 fully saturated rings. The third-order valence-electron chi connectivity index (χ3n) is 13.2. The van der Waals surface area contributed by atoms with E-state index in [0.29, 0.717) is 19.3 Å². The highest BCUT2D eigenvalue weighted by atomic mass is 16.6. The first kappa shape index (κ1) is 71.1. The van der Waals surface area contributed by atoms with Crippen LogP contribution < -0.4 is 0 Å². The molecule has 0 spiro atoms. The molecule has 6 heteroatoms. The van der Waals surface area contributed by atoms with Gasteiger partial charge in [0.05, 0.1) is 0 Å². The summed E-state index contributed by atoms with van der Waals surface area (Å²) in [6.07, 6.45) is 85.3. The monoisotopic (exact) mass is 1040 g/mol. The number of carbonyl (C=O) groups is 3. The Bertz CT molecular complexity index is 1520. The summed E-state index contributed by atoms with van der Waals surface area (Å²) >= 11 is 0. The molecule has 1 unspecified atom stereocenters. The topological polar surface area (TPSA) is 78.9 Å². The molecule has 0 amide bonds. The van der Waals surface area contributed by atoms with Gasteiger partial charge in [-0.05, 0) is 122 Å². The van der Waals surface area contributed by atoms with E-state index in [4.69, 9.17) is 14.2 Å². The normalized spacial score (nSPS) is 12.8. The second-order valence-electron chi connectivity index (χ2n) is 20.6. The van der Waals surface area contributed by atoms with Crippen molar-refractivity contribution in [2.45, 2.75) is 297 Å². The second kappa shape index (κ2) is 62.6. The lowest BCUT2D eigenvalue weighted by Gasteiger charge is -2.18. The third-order valence-corrected chi connectivity index (χ3v) is 13.2. The standard InChI is InChI=1S/C69H116O6/c1-4-7-10-13-16-19-22-25-27-28-29-30-31-32-33-34-35-36-37-38-39-40-41-42-43-45-47-50-53-56-59-62-68(71)74-65-66(64-73-67(70)61-58-55-52-49-46-24-21-18-15-12-9-6-3)75-69(72)63-60-57-54-51-48-44-26-23-20-17-14-11-8-5-2/h7,10,14,16-19,21,23,25-27,29-30,32-33,35-36,66H,4-6,8-9,11-13,15,20,22,24,28,31,34,37-65H2,1-3H3/b10-7-,17-14-,19-16-,21-18-,26-23-,27-25-,30-29-,33-32-,36-35-. The molecule has 0 rings (SSSR count). The fourth-order valence-electron chi connectivity index (χ4n) is 8.52. The summed E-state index contributed by atoms with van der Waals surface area (Å²) in [6.45, 7) is 6.45. The van der Waals surface area contributed by atoms with Crippen molar-refractivity contribution in [1.82, 2.24) is 0 Å². The fourth-order valence-corrected chi connectivity index (χ4v) is 8.52.